The van der Waals surface area contributed by atoms with Crippen LogP contribution in [0.15, 0.2) is 30.3 Å². The van der Waals surface area contributed by atoms with Crippen molar-refractivity contribution < 1.29 is 23.0 Å². The lowest BCUT2D eigenvalue weighted by Crippen LogP contribution is -2.39. The van der Waals surface area contributed by atoms with E-state index in [0.717, 1.165) is 5.56 Å². The SMILES string of the molecule is CSC1(S(C)(=O)=O)[C@@H]2[C@@H](O)[C@@H](OCc3ccccc3)OC[C@@H]21. The van der Waals surface area contributed by atoms with Crippen molar-refractivity contribution in [2.45, 2.75) is 23.1 Å². The van der Waals surface area contributed by atoms with Crippen molar-refractivity contribution in [3.8, 4) is 0 Å². The molecule has 1 aliphatic heterocycles. The number of hydrogen-bond acceptors (Lipinski definition) is 6. The molecule has 2 aliphatic rings. The number of aliphatic hydroxyl groups excluding tert-OH is 1. The first-order valence-corrected chi connectivity index (χ1v) is 10.2. The third-order valence-electron chi connectivity index (χ3n) is 4.55. The standard InChI is InChI=1S/C15H20O5S2/c1-21-15(22(2,17)18)11-9-20-14(13(16)12(11)15)19-8-10-6-4-3-5-7-10/h3-7,11-14,16H,8-9H2,1-2H3/t11-,12-,13+,14-,15?/m0/s1. The van der Waals surface area contributed by atoms with Gasteiger partial charge in [0.25, 0.3) is 0 Å². The van der Waals surface area contributed by atoms with Gasteiger partial charge < -0.3 is 14.6 Å². The minimum absolute atomic E-state index is 0.163. The summed E-state index contributed by atoms with van der Waals surface area (Å²) in [6, 6.07) is 9.60. The first kappa shape index (κ1) is 16.3. The van der Waals surface area contributed by atoms with Crippen molar-refractivity contribution in [3.05, 3.63) is 35.9 Å². The van der Waals surface area contributed by atoms with Gasteiger partial charge in [-0.25, -0.2) is 8.42 Å². The highest BCUT2D eigenvalue weighted by Crippen LogP contribution is 2.65. The van der Waals surface area contributed by atoms with E-state index in [1.807, 2.05) is 30.3 Å². The van der Waals surface area contributed by atoms with Crippen LogP contribution < -0.4 is 0 Å². The summed E-state index contributed by atoms with van der Waals surface area (Å²) in [7, 11) is -3.28. The van der Waals surface area contributed by atoms with E-state index in [9.17, 15) is 13.5 Å². The molecule has 5 nitrogen and oxygen atoms in total. The minimum Gasteiger partial charge on any atom is -0.387 e. The van der Waals surface area contributed by atoms with Crippen molar-refractivity contribution in [2.75, 3.05) is 19.1 Å². The predicted octanol–water partition coefficient (Wildman–Crippen LogP) is 1.27. The smallest absolute Gasteiger partial charge is 0.184 e. The molecule has 1 saturated carbocycles. The van der Waals surface area contributed by atoms with Gasteiger partial charge in [0.2, 0.25) is 0 Å². The Hall–Kier alpha value is -0.600. The average Bonchev–Trinajstić information content (AvgIpc) is 3.18. The van der Waals surface area contributed by atoms with Gasteiger partial charge in [-0.15, -0.1) is 11.8 Å². The molecule has 0 amide bonds. The third kappa shape index (κ3) is 2.49. The molecule has 7 heteroatoms. The predicted molar refractivity (Wildman–Crippen MR) is 85.0 cm³/mol. The molecule has 3 rings (SSSR count). The Morgan fingerprint density at radius 1 is 1.41 bits per heavy atom. The van der Waals surface area contributed by atoms with E-state index in [4.69, 9.17) is 9.47 Å². The Balaban J connectivity index is 1.69. The Labute approximate surface area is 134 Å². The zero-order valence-electron chi connectivity index (χ0n) is 12.5. The number of rotatable bonds is 5. The zero-order valence-corrected chi connectivity index (χ0v) is 14.1. The fourth-order valence-corrected chi connectivity index (χ4v) is 7.19. The van der Waals surface area contributed by atoms with Crippen LogP contribution in [0.3, 0.4) is 0 Å². The second kappa shape index (κ2) is 5.79. The molecule has 22 heavy (non-hydrogen) atoms. The van der Waals surface area contributed by atoms with E-state index in [1.165, 1.54) is 18.0 Å². The maximum Gasteiger partial charge on any atom is 0.184 e. The number of thioether (sulfide) groups is 1. The maximum atomic E-state index is 12.1. The van der Waals surface area contributed by atoms with Crippen LogP contribution in [0.5, 0.6) is 0 Å². The lowest BCUT2D eigenvalue weighted by Gasteiger charge is -2.27. The molecule has 1 heterocycles. The van der Waals surface area contributed by atoms with Crippen LogP contribution in [0.25, 0.3) is 0 Å². The molecule has 1 N–H and O–H groups in total. The summed E-state index contributed by atoms with van der Waals surface area (Å²) < 4.78 is 34.5. The first-order valence-electron chi connectivity index (χ1n) is 7.11. The maximum absolute atomic E-state index is 12.1. The van der Waals surface area contributed by atoms with E-state index in [0.29, 0.717) is 13.2 Å². The van der Waals surface area contributed by atoms with Gasteiger partial charge in [0, 0.05) is 18.1 Å². The number of hydrogen-bond donors (Lipinski definition) is 1. The van der Waals surface area contributed by atoms with E-state index in [2.05, 4.69) is 0 Å². The second-order valence-corrected chi connectivity index (χ2v) is 9.38. The van der Waals surface area contributed by atoms with Gasteiger partial charge in [0.1, 0.15) is 10.2 Å². The fraction of sp³-hybridized carbons (Fsp3) is 0.600. The molecule has 1 saturated heterocycles. The fourth-order valence-electron chi connectivity index (χ4n) is 3.46. The van der Waals surface area contributed by atoms with Crippen LogP contribution in [-0.4, -0.2) is 49.1 Å². The summed E-state index contributed by atoms with van der Waals surface area (Å²) in [5.41, 5.74) is 0.982. The summed E-state index contributed by atoms with van der Waals surface area (Å²) in [6.07, 6.45) is 1.29. The van der Waals surface area contributed by atoms with Crippen LogP contribution in [0.1, 0.15) is 5.56 Å². The van der Waals surface area contributed by atoms with Gasteiger partial charge >= 0.3 is 0 Å². The highest BCUT2D eigenvalue weighted by Gasteiger charge is 2.76. The van der Waals surface area contributed by atoms with Crippen LogP contribution >= 0.6 is 11.8 Å². The summed E-state index contributed by atoms with van der Waals surface area (Å²) in [5, 5.41) is 10.5. The molecule has 122 valence electrons. The van der Waals surface area contributed by atoms with Crippen molar-refractivity contribution in [1.82, 2.24) is 0 Å². The molecule has 0 radical (unpaired) electrons. The monoisotopic (exact) mass is 344 g/mol. The molecular weight excluding hydrogens is 324 g/mol. The van der Waals surface area contributed by atoms with Crippen LogP contribution in [0.2, 0.25) is 0 Å². The Bertz CT molecular complexity index is 633. The zero-order chi connectivity index (χ0) is 16.0. The van der Waals surface area contributed by atoms with E-state index < -0.39 is 26.3 Å². The van der Waals surface area contributed by atoms with E-state index in [1.54, 1.807) is 6.26 Å². The number of ether oxygens (including phenoxy) is 2. The molecule has 1 aromatic carbocycles. The normalized spacial score (nSPS) is 37.6. The van der Waals surface area contributed by atoms with Crippen molar-refractivity contribution in [2.24, 2.45) is 11.8 Å². The highest BCUT2D eigenvalue weighted by atomic mass is 32.3. The molecule has 5 atom stereocenters. The largest absolute Gasteiger partial charge is 0.387 e. The summed E-state index contributed by atoms with van der Waals surface area (Å²) in [6.45, 7) is 0.625. The number of benzene rings is 1. The van der Waals surface area contributed by atoms with E-state index in [-0.39, 0.29) is 11.8 Å². The van der Waals surface area contributed by atoms with Crippen LogP contribution in [0, 0.1) is 11.8 Å². The molecule has 0 aromatic heterocycles. The number of sulfone groups is 1. The summed E-state index contributed by atoms with van der Waals surface area (Å²) in [4.78, 5) is 0. The minimum atomic E-state index is -3.28. The molecule has 1 unspecified atom stereocenters. The van der Waals surface area contributed by atoms with Gasteiger partial charge in [-0.1, -0.05) is 30.3 Å². The quantitative estimate of drug-likeness (QED) is 0.867. The lowest BCUT2D eigenvalue weighted by atomic mass is 10.1. The van der Waals surface area contributed by atoms with Gasteiger partial charge in [0.05, 0.1) is 13.2 Å². The molecule has 1 aliphatic carbocycles. The van der Waals surface area contributed by atoms with Gasteiger partial charge in [-0.05, 0) is 11.8 Å². The van der Waals surface area contributed by atoms with Gasteiger partial charge in [-0.2, -0.15) is 0 Å². The van der Waals surface area contributed by atoms with Gasteiger partial charge in [0.15, 0.2) is 16.1 Å². The van der Waals surface area contributed by atoms with Crippen LogP contribution in [0.4, 0.5) is 0 Å². The summed E-state index contributed by atoms with van der Waals surface area (Å²) in [5.74, 6) is -0.490. The van der Waals surface area contributed by atoms with E-state index >= 15 is 0 Å². The Morgan fingerprint density at radius 3 is 2.68 bits per heavy atom. The number of fused-ring (bicyclic) bond motifs is 1. The highest BCUT2D eigenvalue weighted by molar-refractivity contribution is 8.14. The third-order valence-corrected chi connectivity index (χ3v) is 8.90. The summed E-state index contributed by atoms with van der Waals surface area (Å²) >= 11 is 1.29. The van der Waals surface area contributed by atoms with Crippen molar-refractivity contribution >= 4 is 21.6 Å². The molecule has 0 spiro atoms. The first-order chi connectivity index (χ1) is 10.4. The molecule has 2 fully saturated rings. The Kier molecular flexibility index (Phi) is 4.28. The molecular formula is C15H20O5S2. The van der Waals surface area contributed by atoms with Crippen molar-refractivity contribution in [1.29, 1.82) is 0 Å². The Morgan fingerprint density at radius 2 is 2.09 bits per heavy atom. The average molecular weight is 344 g/mol. The number of aliphatic hydroxyl groups is 1. The van der Waals surface area contributed by atoms with Crippen LogP contribution in [-0.2, 0) is 25.9 Å². The van der Waals surface area contributed by atoms with Gasteiger partial charge in [-0.3, -0.25) is 0 Å². The molecule has 1 aromatic rings. The second-order valence-electron chi connectivity index (χ2n) is 5.82. The molecule has 0 bridgehead atoms. The lowest BCUT2D eigenvalue weighted by molar-refractivity contribution is -0.223. The topological polar surface area (TPSA) is 72.8 Å². The van der Waals surface area contributed by atoms with Crippen molar-refractivity contribution in [3.63, 3.8) is 0 Å².